The van der Waals surface area contributed by atoms with Crippen LogP contribution in [0.1, 0.15) is 111 Å². The van der Waals surface area contributed by atoms with Crippen LogP contribution < -0.4 is 16.0 Å². The Morgan fingerprint density at radius 2 is 1.55 bits per heavy atom. The molecule has 3 N–H and O–H groups in total. The number of nitrogens with one attached hydrogen (secondary N) is 3. The molecule has 1 saturated heterocycles. The van der Waals surface area contributed by atoms with Gasteiger partial charge in [-0.2, -0.15) is 0 Å². The molecule has 5 aliphatic rings. The molecular weight excluding hydrogens is 518 g/mol. The van der Waals surface area contributed by atoms with Crippen molar-refractivity contribution in [3.8, 4) is 0 Å². The molecular formula is C36H67N5O. The Morgan fingerprint density at radius 1 is 0.833 bits per heavy atom. The van der Waals surface area contributed by atoms with Crippen LogP contribution in [0.2, 0.25) is 0 Å². The molecule has 8 unspecified atom stereocenters. The lowest BCUT2D eigenvalue weighted by Gasteiger charge is -2.61. The Bertz CT molecular complexity index is 858. The smallest absolute Gasteiger partial charge is 0.220 e. The fourth-order valence-electron chi connectivity index (χ4n) is 11.1. The molecule has 6 nitrogen and oxygen atoms in total. The van der Waals surface area contributed by atoms with Crippen molar-refractivity contribution in [2.24, 2.45) is 40.4 Å². The van der Waals surface area contributed by atoms with E-state index in [1.807, 2.05) is 0 Å². The number of hydrogen-bond donors (Lipinski definition) is 3. The normalized spacial score (nSPS) is 39.1. The molecule has 0 radical (unpaired) electrons. The van der Waals surface area contributed by atoms with E-state index in [9.17, 15) is 4.79 Å². The van der Waals surface area contributed by atoms with Gasteiger partial charge in [0.25, 0.3) is 0 Å². The molecule has 5 rings (SSSR count). The Balaban J connectivity index is 1.05. The van der Waals surface area contributed by atoms with Crippen LogP contribution in [-0.2, 0) is 4.79 Å². The minimum atomic E-state index is 0.249. The summed E-state index contributed by atoms with van der Waals surface area (Å²) in [5.74, 6) is 4.85. The van der Waals surface area contributed by atoms with Crippen LogP contribution in [0, 0.1) is 40.4 Å². The summed E-state index contributed by atoms with van der Waals surface area (Å²) in [5.41, 5.74) is 1.09. The van der Waals surface area contributed by atoms with Gasteiger partial charge in [-0.05, 0) is 151 Å². The van der Waals surface area contributed by atoms with E-state index < -0.39 is 0 Å². The number of amides is 1. The molecule has 4 saturated carbocycles. The summed E-state index contributed by atoms with van der Waals surface area (Å²) in [4.78, 5) is 17.6. The number of piperazine rings is 1. The van der Waals surface area contributed by atoms with Gasteiger partial charge in [0.1, 0.15) is 0 Å². The van der Waals surface area contributed by atoms with Gasteiger partial charge in [-0.25, -0.2) is 0 Å². The topological polar surface area (TPSA) is 59.6 Å². The van der Waals surface area contributed by atoms with Crippen molar-refractivity contribution in [2.75, 3.05) is 59.4 Å². The largest absolute Gasteiger partial charge is 0.354 e. The number of carbonyl (C=O) groups is 1. The monoisotopic (exact) mass is 586 g/mol. The van der Waals surface area contributed by atoms with Crippen molar-refractivity contribution in [3.05, 3.63) is 0 Å². The summed E-state index contributed by atoms with van der Waals surface area (Å²) < 4.78 is 0. The third-order valence-electron chi connectivity index (χ3n) is 13.5. The summed E-state index contributed by atoms with van der Waals surface area (Å²) in [5, 5.41) is 10.4. The third-order valence-corrected chi connectivity index (χ3v) is 13.5. The molecule has 0 bridgehead atoms. The molecule has 42 heavy (non-hydrogen) atoms. The maximum absolute atomic E-state index is 12.2. The van der Waals surface area contributed by atoms with Crippen LogP contribution in [0.25, 0.3) is 0 Å². The second kappa shape index (κ2) is 14.6. The number of rotatable bonds is 13. The first-order chi connectivity index (χ1) is 20.2. The van der Waals surface area contributed by atoms with Crippen LogP contribution in [-0.4, -0.2) is 87.2 Å². The molecule has 0 spiro atoms. The van der Waals surface area contributed by atoms with Crippen LogP contribution in [0.5, 0.6) is 0 Å². The molecule has 1 amide bonds. The van der Waals surface area contributed by atoms with E-state index >= 15 is 0 Å². The van der Waals surface area contributed by atoms with E-state index in [4.69, 9.17) is 0 Å². The lowest BCUT2D eigenvalue weighted by atomic mass is 9.44. The van der Waals surface area contributed by atoms with Crippen LogP contribution in [0.4, 0.5) is 0 Å². The first kappa shape index (κ1) is 32.7. The van der Waals surface area contributed by atoms with Gasteiger partial charge in [0.2, 0.25) is 5.91 Å². The molecule has 4 aliphatic carbocycles. The van der Waals surface area contributed by atoms with E-state index in [2.05, 4.69) is 60.5 Å². The highest BCUT2D eigenvalue weighted by Gasteiger charge is 2.59. The predicted molar refractivity (Wildman–Crippen MR) is 176 cm³/mol. The molecule has 242 valence electrons. The van der Waals surface area contributed by atoms with E-state index in [-0.39, 0.29) is 11.9 Å². The molecule has 8 atom stereocenters. The molecule has 0 aromatic heterocycles. The summed E-state index contributed by atoms with van der Waals surface area (Å²) in [7, 11) is 2.06. The molecule has 0 aromatic carbocycles. The second-order valence-corrected chi connectivity index (χ2v) is 16.2. The first-order valence-electron chi connectivity index (χ1n) is 18.3. The minimum Gasteiger partial charge on any atom is -0.354 e. The number of fused-ring (bicyclic) bond motifs is 5. The molecule has 6 heteroatoms. The van der Waals surface area contributed by atoms with Crippen molar-refractivity contribution in [1.82, 2.24) is 25.8 Å². The Morgan fingerprint density at radius 3 is 2.29 bits per heavy atom. The van der Waals surface area contributed by atoms with E-state index in [1.54, 1.807) is 0 Å². The maximum atomic E-state index is 12.2. The third kappa shape index (κ3) is 7.40. The summed E-state index contributed by atoms with van der Waals surface area (Å²) in [6.07, 6.45) is 17.3. The highest BCUT2D eigenvalue weighted by atomic mass is 16.1. The Kier molecular flexibility index (Phi) is 11.4. The average Bonchev–Trinajstić information content (AvgIpc) is 3.30. The summed E-state index contributed by atoms with van der Waals surface area (Å²) in [6.45, 7) is 19.3. The highest BCUT2D eigenvalue weighted by Crippen LogP contribution is 2.67. The standard InChI is InChI=1S/C36H67N5O/c1-27(2)39-34(42)9-6-8-28-11-13-32-31-12-10-29-26-30(14-16-36(29,4)33(31)15-17-35(28,32)3)38-19-21-41-24-22-40(23-25-41)20-7-18-37-5/h27-33,37-38H,6-26H2,1-5H3,(H,39,42). The van der Waals surface area contributed by atoms with Gasteiger partial charge in [-0.15, -0.1) is 0 Å². The Labute approximate surface area is 259 Å². The maximum Gasteiger partial charge on any atom is 0.220 e. The van der Waals surface area contributed by atoms with Gasteiger partial charge in [0.05, 0.1) is 0 Å². The second-order valence-electron chi connectivity index (χ2n) is 16.2. The summed E-state index contributed by atoms with van der Waals surface area (Å²) in [6, 6.07) is 0.994. The van der Waals surface area contributed by atoms with E-state index in [0.29, 0.717) is 17.3 Å². The zero-order valence-corrected chi connectivity index (χ0v) is 28.2. The van der Waals surface area contributed by atoms with Crippen LogP contribution in [0.3, 0.4) is 0 Å². The minimum absolute atomic E-state index is 0.249. The lowest BCUT2D eigenvalue weighted by molar-refractivity contribution is -0.122. The van der Waals surface area contributed by atoms with Gasteiger partial charge in [0, 0.05) is 57.8 Å². The zero-order valence-electron chi connectivity index (χ0n) is 28.2. The first-order valence-corrected chi connectivity index (χ1v) is 18.3. The molecule has 1 heterocycles. The fourth-order valence-corrected chi connectivity index (χ4v) is 11.1. The van der Waals surface area contributed by atoms with Crippen molar-refractivity contribution in [2.45, 2.75) is 123 Å². The van der Waals surface area contributed by atoms with Crippen molar-refractivity contribution < 1.29 is 4.79 Å². The van der Waals surface area contributed by atoms with E-state index in [0.717, 1.165) is 48.6 Å². The molecule has 0 aromatic rings. The van der Waals surface area contributed by atoms with Gasteiger partial charge in [0.15, 0.2) is 0 Å². The SMILES string of the molecule is CNCCCN1CCN(CCNC2CCC3(C)C(CCC4C5CCC(CCCC(=O)NC(C)C)C5(C)CCC43)C2)CC1. The van der Waals surface area contributed by atoms with E-state index in [1.165, 1.54) is 116 Å². The lowest BCUT2D eigenvalue weighted by Crippen LogP contribution is -2.55. The highest BCUT2D eigenvalue weighted by molar-refractivity contribution is 5.76. The predicted octanol–water partition coefficient (Wildman–Crippen LogP) is 5.53. The molecule has 5 fully saturated rings. The zero-order chi connectivity index (χ0) is 29.7. The quantitative estimate of drug-likeness (QED) is 0.248. The van der Waals surface area contributed by atoms with Crippen molar-refractivity contribution >= 4 is 5.91 Å². The Hall–Kier alpha value is -0.690. The van der Waals surface area contributed by atoms with Crippen LogP contribution >= 0.6 is 0 Å². The van der Waals surface area contributed by atoms with Gasteiger partial charge < -0.3 is 20.9 Å². The molecule has 1 aliphatic heterocycles. The van der Waals surface area contributed by atoms with Crippen molar-refractivity contribution in [3.63, 3.8) is 0 Å². The van der Waals surface area contributed by atoms with Crippen LogP contribution in [0.15, 0.2) is 0 Å². The van der Waals surface area contributed by atoms with Gasteiger partial charge >= 0.3 is 0 Å². The summed E-state index contributed by atoms with van der Waals surface area (Å²) >= 11 is 0. The number of carbonyl (C=O) groups excluding carboxylic acids is 1. The van der Waals surface area contributed by atoms with Crippen molar-refractivity contribution in [1.29, 1.82) is 0 Å². The number of hydrogen-bond acceptors (Lipinski definition) is 5. The van der Waals surface area contributed by atoms with Gasteiger partial charge in [-0.1, -0.05) is 13.8 Å². The fraction of sp³-hybridized carbons (Fsp3) is 0.972. The van der Waals surface area contributed by atoms with Gasteiger partial charge in [-0.3, -0.25) is 9.69 Å². The number of nitrogens with zero attached hydrogens (tertiary/aromatic N) is 2. The average molecular weight is 586 g/mol.